The van der Waals surface area contributed by atoms with Crippen LogP contribution < -0.4 is 0 Å². The summed E-state index contributed by atoms with van der Waals surface area (Å²) in [5.74, 6) is 0.178. The summed E-state index contributed by atoms with van der Waals surface area (Å²) >= 11 is 0. The molecule has 0 aliphatic carbocycles. The van der Waals surface area contributed by atoms with E-state index in [1.54, 1.807) is 18.1 Å². The van der Waals surface area contributed by atoms with Crippen molar-refractivity contribution in [1.82, 2.24) is 9.80 Å². The van der Waals surface area contributed by atoms with Crippen LogP contribution in [0.1, 0.15) is 13.3 Å². The van der Waals surface area contributed by atoms with Crippen LogP contribution in [0.15, 0.2) is 12.4 Å². The third kappa shape index (κ3) is 1.37. The number of hydrogen-bond donors (Lipinski definition) is 0. The predicted octanol–water partition coefficient (Wildman–Crippen LogP) is 0.640. The lowest BCUT2D eigenvalue weighted by atomic mass is 10.1. The SMILES string of the molecule is CCC1C(=O)N(C)C=CN1C. The van der Waals surface area contributed by atoms with Gasteiger partial charge in [0.2, 0.25) is 5.91 Å². The molecule has 0 saturated heterocycles. The number of hydrogen-bond acceptors (Lipinski definition) is 2. The highest BCUT2D eigenvalue weighted by atomic mass is 16.2. The van der Waals surface area contributed by atoms with Gasteiger partial charge in [0.1, 0.15) is 6.04 Å². The average molecular weight is 154 g/mol. The zero-order valence-corrected chi connectivity index (χ0v) is 7.24. The number of carbonyl (C=O) groups is 1. The summed E-state index contributed by atoms with van der Waals surface area (Å²) in [7, 11) is 3.71. The summed E-state index contributed by atoms with van der Waals surface area (Å²) in [5.41, 5.74) is 0. The third-order valence-corrected chi connectivity index (χ3v) is 2.04. The molecule has 3 heteroatoms. The standard InChI is InChI=1S/C8H14N2O/c1-4-7-8(11)10(3)6-5-9(7)2/h5-7H,4H2,1-3H3. The summed E-state index contributed by atoms with van der Waals surface area (Å²) in [6, 6.07) is 0.0324. The Labute approximate surface area is 67.3 Å². The lowest BCUT2D eigenvalue weighted by Crippen LogP contribution is -2.45. The summed E-state index contributed by atoms with van der Waals surface area (Å²) in [5, 5.41) is 0. The molecule has 3 nitrogen and oxygen atoms in total. The van der Waals surface area contributed by atoms with E-state index in [4.69, 9.17) is 0 Å². The minimum Gasteiger partial charge on any atom is -0.367 e. The highest BCUT2D eigenvalue weighted by Crippen LogP contribution is 2.11. The molecule has 1 unspecified atom stereocenters. The van der Waals surface area contributed by atoms with Gasteiger partial charge in [-0.15, -0.1) is 0 Å². The van der Waals surface area contributed by atoms with E-state index in [0.717, 1.165) is 6.42 Å². The molecule has 0 spiro atoms. The monoisotopic (exact) mass is 154 g/mol. The smallest absolute Gasteiger partial charge is 0.248 e. The van der Waals surface area contributed by atoms with E-state index in [-0.39, 0.29) is 11.9 Å². The molecule has 1 amide bonds. The Morgan fingerprint density at radius 2 is 2.09 bits per heavy atom. The van der Waals surface area contributed by atoms with Gasteiger partial charge in [-0.3, -0.25) is 4.79 Å². The Balaban J connectivity index is 2.78. The van der Waals surface area contributed by atoms with E-state index in [9.17, 15) is 4.79 Å². The van der Waals surface area contributed by atoms with Crippen molar-refractivity contribution < 1.29 is 4.79 Å². The topological polar surface area (TPSA) is 23.6 Å². The van der Waals surface area contributed by atoms with Gasteiger partial charge in [0.15, 0.2) is 0 Å². The van der Waals surface area contributed by atoms with Crippen molar-refractivity contribution in [3.63, 3.8) is 0 Å². The van der Waals surface area contributed by atoms with Gasteiger partial charge >= 0.3 is 0 Å². The van der Waals surface area contributed by atoms with Crippen LogP contribution in [0.2, 0.25) is 0 Å². The minimum atomic E-state index is 0.0324. The Morgan fingerprint density at radius 3 is 2.55 bits per heavy atom. The molecular weight excluding hydrogens is 140 g/mol. The number of likely N-dealkylation sites (N-methyl/N-ethyl adjacent to an activating group) is 2. The summed E-state index contributed by atoms with van der Waals surface area (Å²) in [6.07, 6.45) is 4.58. The fourth-order valence-electron chi connectivity index (χ4n) is 1.25. The van der Waals surface area contributed by atoms with Crippen molar-refractivity contribution in [3.8, 4) is 0 Å². The molecule has 1 atom stereocenters. The van der Waals surface area contributed by atoms with Crippen molar-refractivity contribution in [2.24, 2.45) is 0 Å². The molecule has 62 valence electrons. The van der Waals surface area contributed by atoms with E-state index >= 15 is 0 Å². The predicted molar refractivity (Wildman–Crippen MR) is 43.8 cm³/mol. The minimum absolute atomic E-state index is 0.0324. The second-order valence-electron chi connectivity index (χ2n) is 2.84. The Kier molecular flexibility index (Phi) is 2.17. The van der Waals surface area contributed by atoms with Crippen LogP contribution in [0, 0.1) is 0 Å². The molecule has 0 radical (unpaired) electrons. The number of nitrogens with zero attached hydrogens (tertiary/aromatic N) is 2. The maximum absolute atomic E-state index is 11.4. The molecule has 1 heterocycles. The molecule has 1 aliphatic heterocycles. The average Bonchev–Trinajstić information content (AvgIpc) is 1.99. The first-order valence-corrected chi connectivity index (χ1v) is 3.83. The van der Waals surface area contributed by atoms with Crippen molar-refractivity contribution >= 4 is 5.91 Å². The van der Waals surface area contributed by atoms with Crippen LogP contribution in [-0.2, 0) is 4.79 Å². The van der Waals surface area contributed by atoms with E-state index in [1.165, 1.54) is 0 Å². The van der Waals surface area contributed by atoms with Crippen LogP contribution in [0.3, 0.4) is 0 Å². The molecule has 0 aromatic heterocycles. The molecule has 1 aliphatic rings. The van der Waals surface area contributed by atoms with Crippen LogP contribution in [0.5, 0.6) is 0 Å². The summed E-state index contributed by atoms with van der Waals surface area (Å²) in [4.78, 5) is 15.0. The van der Waals surface area contributed by atoms with E-state index in [0.29, 0.717) is 0 Å². The molecule has 0 fully saturated rings. The van der Waals surface area contributed by atoms with Gasteiger partial charge in [-0.1, -0.05) is 6.92 Å². The zero-order chi connectivity index (χ0) is 8.43. The highest BCUT2D eigenvalue weighted by molar-refractivity contribution is 5.83. The maximum atomic E-state index is 11.4. The van der Waals surface area contributed by atoms with Crippen molar-refractivity contribution in [1.29, 1.82) is 0 Å². The number of carbonyl (C=O) groups excluding carboxylic acids is 1. The van der Waals surface area contributed by atoms with Crippen LogP contribution >= 0.6 is 0 Å². The summed E-state index contributed by atoms with van der Waals surface area (Å²) in [6.45, 7) is 2.02. The molecule has 11 heavy (non-hydrogen) atoms. The van der Waals surface area contributed by atoms with E-state index < -0.39 is 0 Å². The molecular formula is C8H14N2O. The molecule has 0 aromatic rings. The van der Waals surface area contributed by atoms with Gasteiger partial charge < -0.3 is 9.80 Å². The fourth-order valence-corrected chi connectivity index (χ4v) is 1.25. The Morgan fingerprint density at radius 1 is 1.45 bits per heavy atom. The van der Waals surface area contributed by atoms with E-state index in [2.05, 4.69) is 0 Å². The normalized spacial score (nSPS) is 24.6. The Hall–Kier alpha value is -0.990. The highest BCUT2D eigenvalue weighted by Gasteiger charge is 2.24. The second-order valence-corrected chi connectivity index (χ2v) is 2.84. The first kappa shape index (κ1) is 8.11. The first-order chi connectivity index (χ1) is 5.16. The molecule has 0 aromatic carbocycles. The third-order valence-electron chi connectivity index (χ3n) is 2.04. The lowest BCUT2D eigenvalue weighted by molar-refractivity contribution is -0.133. The largest absolute Gasteiger partial charge is 0.367 e. The van der Waals surface area contributed by atoms with Gasteiger partial charge in [0.05, 0.1) is 0 Å². The van der Waals surface area contributed by atoms with Gasteiger partial charge in [-0.05, 0) is 6.42 Å². The van der Waals surface area contributed by atoms with Crippen LogP contribution in [-0.4, -0.2) is 35.8 Å². The van der Waals surface area contributed by atoms with Gasteiger partial charge in [0.25, 0.3) is 0 Å². The molecule has 0 saturated carbocycles. The van der Waals surface area contributed by atoms with Crippen LogP contribution in [0.4, 0.5) is 0 Å². The Bertz CT molecular complexity index is 189. The molecule has 0 bridgehead atoms. The van der Waals surface area contributed by atoms with Crippen molar-refractivity contribution in [2.45, 2.75) is 19.4 Å². The molecule has 1 rings (SSSR count). The van der Waals surface area contributed by atoms with Crippen molar-refractivity contribution in [3.05, 3.63) is 12.4 Å². The van der Waals surface area contributed by atoms with Gasteiger partial charge in [0, 0.05) is 26.5 Å². The number of rotatable bonds is 1. The lowest BCUT2D eigenvalue weighted by Gasteiger charge is -2.32. The van der Waals surface area contributed by atoms with Gasteiger partial charge in [-0.25, -0.2) is 0 Å². The second kappa shape index (κ2) is 2.95. The zero-order valence-electron chi connectivity index (χ0n) is 7.24. The van der Waals surface area contributed by atoms with Gasteiger partial charge in [-0.2, -0.15) is 0 Å². The maximum Gasteiger partial charge on any atom is 0.248 e. The summed E-state index contributed by atoms with van der Waals surface area (Å²) < 4.78 is 0. The quantitative estimate of drug-likeness (QED) is 0.553. The first-order valence-electron chi connectivity index (χ1n) is 3.83. The molecule has 0 N–H and O–H groups in total. The van der Waals surface area contributed by atoms with E-state index in [1.807, 2.05) is 25.1 Å². The number of amides is 1. The van der Waals surface area contributed by atoms with Crippen LogP contribution in [0.25, 0.3) is 0 Å². The fraction of sp³-hybridized carbons (Fsp3) is 0.625. The van der Waals surface area contributed by atoms with Crippen molar-refractivity contribution in [2.75, 3.05) is 14.1 Å².